The van der Waals surface area contributed by atoms with Crippen LogP contribution < -0.4 is 14.8 Å². The predicted molar refractivity (Wildman–Crippen MR) is 105 cm³/mol. The molecule has 2 N–H and O–H groups in total. The van der Waals surface area contributed by atoms with Crippen LogP contribution >= 0.6 is 0 Å². The average molecular weight is 405 g/mol. The third-order valence-corrected chi connectivity index (χ3v) is 8.57. The van der Waals surface area contributed by atoms with Crippen molar-refractivity contribution in [3.8, 4) is 5.75 Å². The van der Waals surface area contributed by atoms with E-state index in [9.17, 15) is 13.2 Å². The number of hydrogen-bond acceptors (Lipinski definition) is 4. The third-order valence-electron chi connectivity index (χ3n) is 7.03. The molecule has 7 heteroatoms. The third kappa shape index (κ3) is 3.32. The lowest BCUT2D eigenvalue weighted by molar-refractivity contribution is -0.0167. The molecule has 152 valence electrons. The van der Waals surface area contributed by atoms with Crippen LogP contribution in [0.15, 0.2) is 23.1 Å². The maximum absolute atomic E-state index is 13.1. The number of carbonyl (C=O) groups excluding carboxylic acids is 1. The van der Waals surface area contributed by atoms with Gasteiger partial charge in [0.05, 0.1) is 7.11 Å². The number of nitrogens with one attached hydrogen (secondary N) is 2. The van der Waals surface area contributed by atoms with Gasteiger partial charge in [0.15, 0.2) is 0 Å². The van der Waals surface area contributed by atoms with Crippen LogP contribution in [0.2, 0.25) is 0 Å². The minimum Gasteiger partial charge on any atom is -0.495 e. The van der Waals surface area contributed by atoms with Crippen molar-refractivity contribution in [2.75, 3.05) is 7.11 Å². The summed E-state index contributed by atoms with van der Waals surface area (Å²) in [5, 5.41) is 3.32. The molecular weight excluding hydrogens is 376 g/mol. The Kier molecular flexibility index (Phi) is 4.25. The van der Waals surface area contributed by atoms with Gasteiger partial charge in [-0.1, -0.05) is 0 Å². The number of carbonyl (C=O) groups is 1. The Bertz CT molecular complexity index is 872. The molecule has 5 fully saturated rings. The van der Waals surface area contributed by atoms with Crippen LogP contribution in [-0.2, 0) is 10.0 Å². The van der Waals surface area contributed by atoms with E-state index in [-0.39, 0.29) is 28.1 Å². The first-order valence-electron chi connectivity index (χ1n) is 10.4. The standard InChI is InChI=1S/C21H28N2O4S/c1-27-18-5-2-16(9-19(18)28(25,26)23-17-3-4-17)20(24)22-21-10-13-6-14(11-21)8-15(7-13)12-21/h2,5,9,13-15,17,23H,3-4,6-8,10-12H2,1H3,(H,22,24). The molecule has 28 heavy (non-hydrogen) atoms. The van der Waals surface area contributed by atoms with Gasteiger partial charge in [-0.3, -0.25) is 4.79 Å². The second kappa shape index (κ2) is 6.46. The minimum absolute atomic E-state index is 0.000728. The number of benzene rings is 1. The second-order valence-corrected chi connectivity index (χ2v) is 11.1. The Balaban J connectivity index is 1.40. The number of methoxy groups -OCH3 is 1. The monoisotopic (exact) mass is 404 g/mol. The highest BCUT2D eigenvalue weighted by Gasteiger charge is 2.51. The first kappa shape index (κ1) is 18.4. The number of sulfonamides is 1. The van der Waals surface area contributed by atoms with Crippen LogP contribution in [-0.4, -0.2) is 33.0 Å². The van der Waals surface area contributed by atoms with Crippen molar-refractivity contribution in [3.05, 3.63) is 23.8 Å². The number of ether oxygens (including phenoxy) is 1. The summed E-state index contributed by atoms with van der Waals surface area (Å²) in [5.74, 6) is 2.30. The van der Waals surface area contributed by atoms with Gasteiger partial charge in [-0.2, -0.15) is 0 Å². The summed E-state index contributed by atoms with van der Waals surface area (Å²) in [6.07, 6.45) is 8.84. The molecule has 0 radical (unpaired) electrons. The summed E-state index contributed by atoms with van der Waals surface area (Å²) in [6.45, 7) is 0. The van der Waals surface area contributed by atoms with E-state index in [0.29, 0.717) is 5.56 Å². The molecule has 0 saturated heterocycles. The lowest BCUT2D eigenvalue weighted by Crippen LogP contribution is -2.59. The van der Waals surface area contributed by atoms with E-state index < -0.39 is 10.0 Å². The normalized spacial score (nSPS) is 33.7. The summed E-state index contributed by atoms with van der Waals surface area (Å²) in [7, 11) is -2.26. The number of amides is 1. The van der Waals surface area contributed by atoms with Crippen LogP contribution in [0.5, 0.6) is 5.75 Å². The van der Waals surface area contributed by atoms with E-state index in [1.165, 1.54) is 32.4 Å². The van der Waals surface area contributed by atoms with Crippen LogP contribution in [0.4, 0.5) is 0 Å². The van der Waals surface area contributed by atoms with Gasteiger partial charge < -0.3 is 10.1 Å². The summed E-state index contributed by atoms with van der Waals surface area (Å²) in [5.41, 5.74) is 0.282. The zero-order chi connectivity index (χ0) is 19.5. The van der Waals surface area contributed by atoms with E-state index in [2.05, 4.69) is 10.0 Å². The topological polar surface area (TPSA) is 84.5 Å². The first-order chi connectivity index (χ1) is 13.4. The van der Waals surface area contributed by atoms with Crippen LogP contribution in [0.25, 0.3) is 0 Å². The van der Waals surface area contributed by atoms with Crippen molar-refractivity contribution in [1.82, 2.24) is 10.0 Å². The summed E-state index contributed by atoms with van der Waals surface area (Å²) in [4.78, 5) is 13.1. The Morgan fingerprint density at radius 2 is 1.68 bits per heavy atom. The molecule has 6 nitrogen and oxygen atoms in total. The van der Waals surface area contributed by atoms with Crippen LogP contribution in [0.1, 0.15) is 61.7 Å². The fourth-order valence-electron chi connectivity index (χ4n) is 6.09. The molecular formula is C21H28N2O4S. The molecule has 0 heterocycles. The van der Waals surface area contributed by atoms with E-state index in [1.54, 1.807) is 12.1 Å². The fourth-order valence-corrected chi connectivity index (χ4v) is 7.59. The maximum Gasteiger partial charge on any atom is 0.251 e. The molecule has 1 aromatic rings. The summed E-state index contributed by atoms with van der Waals surface area (Å²) >= 11 is 0. The molecule has 5 aliphatic rings. The smallest absolute Gasteiger partial charge is 0.251 e. The summed E-state index contributed by atoms with van der Waals surface area (Å²) in [6, 6.07) is 4.69. The fraction of sp³-hybridized carbons (Fsp3) is 0.667. The van der Waals surface area contributed by atoms with E-state index in [1.807, 2.05) is 0 Å². The van der Waals surface area contributed by atoms with Gasteiger partial charge in [0.25, 0.3) is 5.91 Å². The SMILES string of the molecule is COc1ccc(C(=O)NC23CC4CC(CC(C4)C2)C3)cc1S(=O)(=O)NC1CC1. The molecule has 0 unspecified atom stereocenters. The Morgan fingerprint density at radius 3 is 2.21 bits per heavy atom. The van der Waals surface area contributed by atoms with Gasteiger partial charge in [-0.15, -0.1) is 0 Å². The first-order valence-corrected chi connectivity index (χ1v) is 11.9. The molecule has 1 aromatic carbocycles. The van der Waals surface area contributed by atoms with Gasteiger partial charge in [-0.05, 0) is 87.3 Å². The molecule has 0 aliphatic heterocycles. The van der Waals surface area contributed by atoms with Crippen molar-refractivity contribution in [2.45, 2.75) is 67.8 Å². The van der Waals surface area contributed by atoms with Gasteiger partial charge in [-0.25, -0.2) is 13.1 Å². The molecule has 0 aromatic heterocycles. The Hall–Kier alpha value is -1.60. The van der Waals surface area contributed by atoms with Gasteiger partial charge in [0.1, 0.15) is 10.6 Å². The Labute approximate surface area is 166 Å². The lowest BCUT2D eigenvalue weighted by Gasteiger charge is -2.56. The van der Waals surface area contributed by atoms with Crippen LogP contribution in [0.3, 0.4) is 0 Å². The second-order valence-electron chi connectivity index (χ2n) is 9.41. The molecule has 4 bridgehead atoms. The molecule has 1 amide bonds. The van der Waals surface area contributed by atoms with Gasteiger partial charge in [0.2, 0.25) is 10.0 Å². The highest BCUT2D eigenvalue weighted by molar-refractivity contribution is 7.89. The van der Waals surface area contributed by atoms with Crippen molar-refractivity contribution >= 4 is 15.9 Å². The predicted octanol–water partition coefficient (Wildman–Crippen LogP) is 2.83. The zero-order valence-corrected chi connectivity index (χ0v) is 17.1. The van der Waals surface area contributed by atoms with Crippen molar-refractivity contribution < 1.29 is 17.9 Å². The molecule has 5 saturated carbocycles. The Morgan fingerprint density at radius 1 is 1.07 bits per heavy atom. The highest BCUT2D eigenvalue weighted by atomic mass is 32.2. The highest BCUT2D eigenvalue weighted by Crippen LogP contribution is 2.55. The lowest BCUT2D eigenvalue weighted by atomic mass is 9.53. The van der Waals surface area contributed by atoms with E-state index in [0.717, 1.165) is 49.9 Å². The number of hydrogen-bond donors (Lipinski definition) is 2. The van der Waals surface area contributed by atoms with E-state index in [4.69, 9.17) is 4.74 Å². The molecule has 0 spiro atoms. The largest absolute Gasteiger partial charge is 0.495 e. The molecule has 6 rings (SSSR count). The maximum atomic E-state index is 13.1. The summed E-state index contributed by atoms with van der Waals surface area (Å²) < 4.78 is 33.4. The van der Waals surface area contributed by atoms with E-state index >= 15 is 0 Å². The zero-order valence-electron chi connectivity index (χ0n) is 16.2. The van der Waals surface area contributed by atoms with Crippen LogP contribution in [0, 0.1) is 17.8 Å². The van der Waals surface area contributed by atoms with Crippen molar-refractivity contribution in [1.29, 1.82) is 0 Å². The van der Waals surface area contributed by atoms with Crippen molar-refractivity contribution in [2.24, 2.45) is 17.8 Å². The van der Waals surface area contributed by atoms with Gasteiger partial charge in [0, 0.05) is 17.1 Å². The molecule has 5 aliphatic carbocycles. The van der Waals surface area contributed by atoms with Gasteiger partial charge >= 0.3 is 0 Å². The quantitative estimate of drug-likeness (QED) is 0.764. The number of rotatable bonds is 6. The van der Waals surface area contributed by atoms with Crippen molar-refractivity contribution in [3.63, 3.8) is 0 Å². The molecule has 0 atom stereocenters. The minimum atomic E-state index is -3.70. The average Bonchev–Trinajstić information content (AvgIpc) is 3.43.